The van der Waals surface area contributed by atoms with Gasteiger partial charge in [0.1, 0.15) is 0 Å². The van der Waals surface area contributed by atoms with Crippen LogP contribution in [0.3, 0.4) is 0 Å². The number of oxime groups is 1. The molecule has 0 radical (unpaired) electrons. The van der Waals surface area contributed by atoms with Crippen LogP contribution in [-0.2, 0) is 0 Å². The maximum atomic E-state index is 8.90. The van der Waals surface area contributed by atoms with E-state index in [4.69, 9.17) is 10.9 Å². The number of hydrogen-bond donors (Lipinski definition) is 2. The van der Waals surface area contributed by atoms with E-state index in [0.717, 1.165) is 35.8 Å². The lowest BCUT2D eigenvalue weighted by atomic mass is 10.1. The Morgan fingerprint density at radius 1 is 1.50 bits per heavy atom. The maximum Gasteiger partial charge on any atom is 0.172 e. The summed E-state index contributed by atoms with van der Waals surface area (Å²) in [4.78, 5) is 2.31. The SMILES string of the molecule is CCN(CC1CC1)c1ccc(C)cc1/C(N)=N/O. The predicted molar refractivity (Wildman–Crippen MR) is 74.3 cm³/mol. The first-order valence-electron chi connectivity index (χ1n) is 6.49. The third kappa shape index (κ3) is 2.75. The second-order valence-electron chi connectivity index (χ2n) is 4.99. The van der Waals surface area contributed by atoms with Crippen molar-refractivity contribution in [1.29, 1.82) is 0 Å². The summed E-state index contributed by atoms with van der Waals surface area (Å²) in [5, 5.41) is 12.0. The summed E-state index contributed by atoms with van der Waals surface area (Å²) in [5.74, 6) is 0.995. The summed E-state index contributed by atoms with van der Waals surface area (Å²) in [5.41, 5.74) is 8.77. The van der Waals surface area contributed by atoms with Crippen LogP contribution in [0.5, 0.6) is 0 Å². The molecule has 0 unspecified atom stereocenters. The largest absolute Gasteiger partial charge is 0.409 e. The first-order valence-corrected chi connectivity index (χ1v) is 6.49. The second kappa shape index (κ2) is 5.29. The topological polar surface area (TPSA) is 61.8 Å². The molecule has 0 aliphatic heterocycles. The third-order valence-corrected chi connectivity index (χ3v) is 3.43. The molecule has 4 nitrogen and oxygen atoms in total. The normalized spacial score (nSPS) is 15.8. The first-order chi connectivity index (χ1) is 8.65. The van der Waals surface area contributed by atoms with Gasteiger partial charge in [-0.1, -0.05) is 16.8 Å². The highest BCUT2D eigenvalue weighted by molar-refractivity contribution is 6.02. The minimum absolute atomic E-state index is 0.183. The lowest BCUT2D eigenvalue weighted by Gasteiger charge is -2.25. The molecular formula is C14H21N3O. The molecule has 0 saturated heterocycles. The van der Waals surface area contributed by atoms with Gasteiger partial charge in [-0.3, -0.25) is 0 Å². The summed E-state index contributed by atoms with van der Waals surface area (Å²) in [6.45, 7) is 6.14. The first kappa shape index (κ1) is 12.7. The van der Waals surface area contributed by atoms with Crippen molar-refractivity contribution in [1.82, 2.24) is 0 Å². The van der Waals surface area contributed by atoms with Crippen molar-refractivity contribution in [2.24, 2.45) is 16.8 Å². The van der Waals surface area contributed by atoms with Crippen molar-refractivity contribution in [2.75, 3.05) is 18.0 Å². The maximum absolute atomic E-state index is 8.90. The molecular weight excluding hydrogens is 226 g/mol. The van der Waals surface area contributed by atoms with Crippen molar-refractivity contribution < 1.29 is 5.21 Å². The van der Waals surface area contributed by atoms with Gasteiger partial charge in [-0.05, 0) is 44.7 Å². The highest BCUT2D eigenvalue weighted by Crippen LogP contribution is 2.32. The fourth-order valence-electron chi connectivity index (χ4n) is 2.19. The Labute approximate surface area is 108 Å². The van der Waals surface area contributed by atoms with Gasteiger partial charge in [-0.15, -0.1) is 0 Å². The molecule has 0 spiro atoms. The standard InChI is InChI=1S/C14H21N3O/c1-3-17(9-11-5-6-11)13-7-4-10(2)8-12(13)14(15)16-18/h4,7-8,11,18H,3,5-6,9H2,1-2H3,(H2,15,16). The molecule has 1 fully saturated rings. The van der Waals surface area contributed by atoms with E-state index in [1.54, 1.807) is 0 Å². The molecule has 2 rings (SSSR count). The Bertz CT molecular complexity index is 452. The fourth-order valence-corrected chi connectivity index (χ4v) is 2.19. The molecule has 3 N–H and O–H groups in total. The molecule has 98 valence electrons. The molecule has 1 aromatic carbocycles. The molecule has 1 saturated carbocycles. The third-order valence-electron chi connectivity index (χ3n) is 3.43. The average molecular weight is 247 g/mol. The Balaban J connectivity index is 2.34. The smallest absolute Gasteiger partial charge is 0.172 e. The molecule has 18 heavy (non-hydrogen) atoms. The van der Waals surface area contributed by atoms with E-state index in [2.05, 4.69) is 29.1 Å². The molecule has 0 aromatic heterocycles. The number of hydrogen-bond acceptors (Lipinski definition) is 3. The van der Waals surface area contributed by atoms with E-state index in [0.29, 0.717) is 0 Å². The Morgan fingerprint density at radius 3 is 2.78 bits per heavy atom. The summed E-state index contributed by atoms with van der Waals surface area (Å²) < 4.78 is 0. The van der Waals surface area contributed by atoms with Crippen LogP contribution >= 0.6 is 0 Å². The second-order valence-corrected chi connectivity index (χ2v) is 4.99. The van der Waals surface area contributed by atoms with Crippen LogP contribution in [0.2, 0.25) is 0 Å². The number of amidine groups is 1. The fraction of sp³-hybridized carbons (Fsp3) is 0.500. The summed E-state index contributed by atoms with van der Waals surface area (Å²) >= 11 is 0. The average Bonchev–Trinajstić information content (AvgIpc) is 3.19. The zero-order chi connectivity index (χ0) is 13.1. The number of nitrogens with zero attached hydrogens (tertiary/aromatic N) is 2. The van der Waals surface area contributed by atoms with Crippen LogP contribution in [-0.4, -0.2) is 24.1 Å². The van der Waals surface area contributed by atoms with Gasteiger partial charge in [-0.2, -0.15) is 0 Å². The molecule has 0 amide bonds. The van der Waals surface area contributed by atoms with Crippen LogP contribution in [0.25, 0.3) is 0 Å². The van der Waals surface area contributed by atoms with Crippen molar-refractivity contribution in [3.63, 3.8) is 0 Å². The summed E-state index contributed by atoms with van der Waals surface area (Å²) in [7, 11) is 0. The van der Waals surface area contributed by atoms with Gasteiger partial charge >= 0.3 is 0 Å². The number of benzene rings is 1. The monoisotopic (exact) mass is 247 g/mol. The Morgan fingerprint density at radius 2 is 2.22 bits per heavy atom. The lowest BCUT2D eigenvalue weighted by Crippen LogP contribution is -2.28. The van der Waals surface area contributed by atoms with Crippen molar-refractivity contribution in [3.05, 3.63) is 29.3 Å². The lowest BCUT2D eigenvalue weighted by molar-refractivity contribution is 0.318. The molecule has 1 aliphatic carbocycles. The van der Waals surface area contributed by atoms with Crippen molar-refractivity contribution in [3.8, 4) is 0 Å². The molecule has 1 aromatic rings. The Kier molecular flexibility index (Phi) is 3.75. The van der Waals surface area contributed by atoms with Crippen molar-refractivity contribution >= 4 is 11.5 Å². The minimum atomic E-state index is 0.183. The van der Waals surface area contributed by atoms with E-state index in [9.17, 15) is 0 Å². The van der Waals surface area contributed by atoms with Crippen LogP contribution in [0, 0.1) is 12.8 Å². The van der Waals surface area contributed by atoms with Gasteiger partial charge in [0.15, 0.2) is 5.84 Å². The van der Waals surface area contributed by atoms with Gasteiger partial charge in [-0.25, -0.2) is 0 Å². The van der Waals surface area contributed by atoms with Crippen LogP contribution in [0.4, 0.5) is 5.69 Å². The van der Waals surface area contributed by atoms with Gasteiger partial charge in [0.25, 0.3) is 0 Å². The molecule has 0 heterocycles. The van der Waals surface area contributed by atoms with E-state index in [-0.39, 0.29) is 5.84 Å². The van der Waals surface area contributed by atoms with Gasteiger partial charge in [0.2, 0.25) is 0 Å². The summed E-state index contributed by atoms with van der Waals surface area (Å²) in [6.07, 6.45) is 2.64. The van der Waals surface area contributed by atoms with Gasteiger partial charge in [0.05, 0.1) is 0 Å². The Hall–Kier alpha value is -1.71. The number of rotatable bonds is 5. The zero-order valence-electron chi connectivity index (χ0n) is 11.1. The van der Waals surface area contributed by atoms with Crippen LogP contribution in [0.15, 0.2) is 23.4 Å². The summed E-state index contributed by atoms with van der Waals surface area (Å²) in [6, 6.07) is 6.10. The quantitative estimate of drug-likeness (QED) is 0.363. The zero-order valence-corrected chi connectivity index (χ0v) is 11.1. The van der Waals surface area contributed by atoms with E-state index in [1.165, 1.54) is 12.8 Å². The highest BCUT2D eigenvalue weighted by atomic mass is 16.4. The van der Waals surface area contributed by atoms with Gasteiger partial charge in [0, 0.05) is 24.3 Å². The number of anilines is 1. The highest BCUT2D eigenvalue weighted by Gasteiger charge is 2.25. The van der Waals surface area contributed by atoms with Crippen LogP contribution in [0.1, 0.15) is 30.9 Å². The molecule has 0 bridgehead atoms. The van der Waals surface area contributed by atoms with Crippen LogP contribution < -0.4 is 10.6 Å². The number of aryl methyl sites for hydroxylation is 1. The number of nitrogens with two attached hydrogens (primary N) is 1. The minimum Gasteiger partial charge on any atom is -0.409 e. The molecule has 4 heteroatoms. The van der Waals surface area contributed by atoms with E-state index >= 15 is 0 Å². The van der Waals surface area contributed by atoms with E-state index in [1.807, 2.05) is 13.0 Å². The molecule has 0 atom stereocenters. The van der Waals surface area contributed by atoms with Gasteiger partial charge < -0.3 is 15.8 Å². The van der Waals surface area contributed by atoms with E-state index < -0.39 is 0 Å². The predicted octanol–water partition coefficient (Wildman–Crippen LogP) is 2.33. The van der Waals surface area contributed by atoms with Crippen molar-refractivity contribution in [2.45, 2.75) is 26.7 Å². The molecule has 1 aliphatic rings.